The standard InChI is InChI=1S/C19H28O2/c1-3-5-6-8-15-12-17(20)19(18(21)13-15)16-10-7-9-14(4-2)11-16/h11-13,16,20-21H,3-10H2,1-2H3. The minimum absolute atomic E-state index is 0.165. The molecule has 21 heavy (non-hydrogen) atoms. The van der Waals surface area contributed by atoms with E-state index in [4.69, 9.17) is 0 Å². The number of benzene rings is 1. The number of rotatable bonds is 6. The fraction of sp³-hybridized carbons (Fsp3) is 0.579. The average Bonchev–Trinajstić information content (AvgIpc) is 2.47. The highest BCUT2D eigenvalue weighted by molar-refractivity contribution is 5.50. The van der Waals surface area contributed by atoms with Crippen molar-refractivity contribution in [3.05, 3.63) is 34.9 Å². The molecule has 0 aliphatic heterocycles. The lowest BCUT2D eigenvalue weighted by Gasteiger charge is -2.23. The number of allylic oxidation sites excluding steroid dienone is 2. The van der Waals surface area contributed by atoms with Crippen LogP contribution in [0.3, 0.4) is 0 Å². The van der Waals surface area contributed by atoms with Crippen LogP contribution in [0.4, 0.5) is 0 Å². The Balaban J connectivity index is 2.20. The predicted molar refractivity (Wildman–Crippen MR) is 88.0 cm³/mol. The third-order valence-electron chi connectivity index (χ3n) is 4.54. The second-order valence-electron chi connectivity index (χ2n) is 6.18. The van der Waals surface area contributed by atoms with Crippen LogP contribution in [-0.2, 0) is 6.42 Å². The molecule has 1 unspecified atom stereocenters. The molecule has 2 nitrogen and oxygen atoms in total. The molecule has 0 radical (unpaired) electrons. The first-order valence-corrected chi connectivity index (χ1v) is 8.40. The van der Waals surface area contributed by atoms with E-state index in [-0.39, 0.29) is 17.4 Å². The van der Waals surface area contributed by atoms with Crippen molar-refractivity contribution < 1.29 is 10.2 Å². The van der Waals surface area contributed by atoms with Crippen LogP contribution in [0, 0.1) is 0 Å². The molecule has 0 heterocycles. The van der Waals surface area contributed by atoms with Gasteiger partial charge in [0.1, 0.15) is 11.5 Å². The van der Waals surface area contributed by atoms with Crippen LogP contribution in [0.1, 0.15) is 75.8 Å². The monoisotopic (exact) mass is 288 g/mol. The molecule has 0 spiro atoms. The second-order valence-corrected chi connectivity index (χ2v) is 6.18. The van der Waals surface area contributed by atoms with Crippen molar-refractivity contribution in [1.82, 2.24) is 0 Å². The van der Waals surface area contributed by atoms with Gasteiger partial charge in [-0.3, -0.25) is 0 Å². The fourth-order valence-electron chi connectivity index (χ4n) is 3.31. The van der Waals surface area contributed by atoms with Crippen molar-refractivity contribution in [2.45, 2.75) is 71.1 Å². The smallest absolute Gasteiger partial charge is 0.123 e. The van der Waals surface area contributed by atoms with Crippen LogP contribution < -0.4 is 0 Å². The van der Waals surface area contributed by atoms with Gasteiger partial charge in [0.15, 0.2) is 0 Å². The first kappa shape index (κ1) is 15.9. The first-order chi connectivity index (χ1) is 10.2. The van der Waals surface area contributed by atoms with E-state index in [1.54, 1.807) is 0 Å². The molecule has 2 N–H and O–H groups in total. The van der Waals surface area contributed by atoms with Crippen molar-refractivity contribution in [3.63, 3.8) is 0 Å². The minimum Gasteiger partial charge on any atom is -0.507 e. The van der Waals surface area contributed by atoms with Crippen molar-refractivity contribution in [2.24, 2.45) is 0 Å². The SMILES string of the molecule is CCCCCc1cc(O)c(C2C=C(CC)CCC2)c(O)c1. The Kier molecular flexibility index (Phi) is 5.72. The molecule has 0 saturated heterocycles. The minimum atomic E-state index is 0.165. The van der Waals surface area contributed by atoms with Crippen LogP contribution in [0.5, 0.6) is 11.5 Å². The molecule has 2 rings (SSSR count). The quantitative estimate of drug-likeness (QED) is 0.541. The Morgan fingerprint density at radius 2 is 1.81 bits per heavy atom. The van der Waals surface area contributed by atoms with Gasteiger partial charge in [0, 0.05) is 11.5 Å². The summed E-state index contributed by atoms with van der Waals surface area (Å²) in [4.78, 5) is 0. The highest BCUT2D eigenvalue weighted by atomic mass is 16.3. The van der Waals surface area contributed by atoms with Gasteiger partial charge in [-0.1, -0.05) is 38.3 Å². The third kappa shape index (κ3) is 4.03. The van der Waals surface area contributed by atoms with E-state index in [0.29, 0.717) is 0 Å². The summed E-state index contributed by atoms with van der Waals surface area (Å²) >= 11 is 0. The zero-order chi connectivity index (χ0) is 15.2. The molecular formula is C19H28O2. The fourth-order valence-corrected chi connectivity index (χ4v) is 3.31. The molecule has 0 aromatic heterocycles. The Hall–Kier alpha value is -1.44. The van der Waals surface area contributed by atoms with Gasteiger partial charge in [0.2, 0.25) is 0 Å². The van der Waals surface area contributed by atoms with Crippen LogP contribution in [-0.4, -0.2) is 10.2 Å². The zero-order valence-corrected chi connectivity index (χ0v) is 13.4. The predicted octanol–water partition coefficient (Wildman–Crippen LogP) is 5.43. The molecular weight excluding hydrogens is 260 g/mol. The summed E-state index contributed by atoms with van der Waals surface area (Å²) in [5, 5.41) is 20.7. The van der Waals surface area contributed by atoms with E-state index in [0.717, 1.165) is 49.7 Å². The summed E-state index contributed by atoms with van der Waals surface area (Å²) in [6.07, 6.45) is 11.0. The normalized spacial score (nSPS) is 18.6. The van der Waals surface area contributed by atoms with Gasteiger partial charge >= 0.3 is 0 Å². The maximum absolute atomic E-state index is 10.4. The molecule has 1 aliphatic carbocycles. The molecule has 0 fully saturated rings. The van der Waals surface area contributed by atoms with Gasteiger partial charge in [-0.15, -0.1) is 0 Å². The molecule has 116 valence electrons. The van der Waals surface area contributed by atoms with Gasteiger partial charge < -0.3 is 10.2 Å². The van der Waals surface area contributed by atoms with E-state index in [9.17, 15) is 10.2 Å². The summed E-state index contributed by atoms with van der Waals surface area (Å²) in [6.45, 7) is 4.35. The average molecular weight is 288 g/mol. The number of aryl methyl sites for hydroxylation is 1. The topological polar surface area (TPSA) is 40.5 Å². The summed E-state index contributed by atoms with van der Waals surface area (Å²) in [5.74, 6) is 0.693. The number of aromatic hydroxyl groups is 2. The lowest BCUT2D eigenvalue weighted by Crippen LogP contribution is -2.04. The van der Waals surface area contributed by atoms with E-state index < -0.39 is 0 Å². The third-order valence-corrected chi connectivity index (χ3v) is 4.54. The van der Waals surface area contributed by atoms with Gasteiger partial charge in [-0.25, -0.2) is 0 Å². The van der Waals surface area contributed by atoms with Gasteiger partial charge in [0.05, 0.1) is 0 Å². The molecule has 0 saturated carbocycles. The summed E-state index contributed by atoms with van der Waals surface area (Å²) in [5.41, 5.74) is 3.20. The Morgan fingerprint density at radius 3 is 2.43 bits per heavy atom. The van der Waals surface area contributed by atoms with Crippen LogP contribution in [0.25, 0.3) is 0 Å². The van der Waals surface area contributed by atoms with E-state index >= 15 is 0 Å². The van der Waals surface area contributed by atoms with E-state index in [1.807, 2.05) is 12.1 Å². The first-order valence-electron chi connectivity index (χ1n) is 8.40. The van der Waals surface area contributed by atoms with Crippen LogP contribution >= 0.6 is 0 Å². The molecule has 0 bridgehead atoms. The number of phenols is 2. The van der Waals surface area contributed by atoms with Gasteiger partial charge in [-0.2, -0.15) is 0 Å². The number of hydrogen-bond donors (Lipinski definition) is 2. The van der Waals surface area contributed by atoms with Crippen LogP contribution in [0.2, 0.25) is 0 Å². The number of phenolic OH excluding ortho intramolecular Hbond substituents is 2. The molecule has 1 aromatic rings. The van der Waals surface area contributed by atoms with Gasteiger partial charge in [0.25, 0.3) is 0 Å². The van der Waals surface area contributed by atoms with Crippen LogP contribution in [0.15, 0.2) is 23.8 Å². The van der Waals surface area contributed by atoms with Crippen molar-refractivity contribution in [3.8, 4) is 11.5 Å². The highest BCUT2D eigenvalue weighted by Crippen LogP contribution is 2.41. The molecule has 1 atom stereocenters. The van der Waals surface area contributed by atoms with Gasteiger partial charge in [-0.05, 0) is 56.2 Å². The highest BCUT2D eigenvalue weighted by Gasteiger charge is 2.21. The molecule has 0 amide bonds. The summed E-state index contributed by atoms with van der Waals surface area (Å²) in [6, 6.07) is 3.69. The largest absolute Gasteiger partial charge is 0.507 e. The second kappa shape index (κ2) is 7.53. The van der Waals surface area contributed by atoms with E-state index in [2.05, 4.69) is 19.9 Å². The molecule has 2 heteroatoms. The Labute approximate surface area is 128 Å². The number of hydrogen-bond acceptors (Lipinski definition) is 2. The Bertz CT molecular complexity index is 479. The molecule has 1 aliphatic rings. The van der Waals surface area contributed by atoms with Crippen molar-refractivity contribution in [1.29, 1.82) is 0 Å². The maximum atomic E-state index is 10.4. The zero-order valence-electron chi connectivity index (χ0n) is 13.4. The van der Waals surface area contributed by atoms with Crippen molar-refractivity contribution in [2.75, 3.05) is 0 Å². The van der Waals surface area contributed by atoms with Crippen molar-refractivity contribution >= 4 is 0 Å². The maximum Gasteiger partial charge on any atom is 0.123 e. The lowest BCUT2D eigenvalue weighted by atomic mass is 9.83. The Morgan fingerprint density at radius 1 is 1.10 bits per heavy atom. The molecule has 1 aromatic carbocycles. The number of unbranched alkanes of at least 4 members (excludes halogenated alkanes) is 2. The lowest BCUT2D eigenvalue weighted by molar-refractivity contribution is 0.427. The summed E-state index contributed by atoms with van der Waals surface area (Å²) < 4.78 is 0. The van der Waals surface area contributed by atoms with E-state index in [1.165, 1.54) is 18.4 Å². The summed E-state index contributed by atoms with van der Waals surface area (Å²) in [7, 11) is 0.